The molecule has 3 aliphatic carbocycles. The van der Waals surface area contributed by atoms with Crippen LogP contribution >= 0.6 is 0 Å². The molecule has 0 aliphatic heterocycles. The summed E-state index contributed by atoms with van der Waals surface area (Å²) in [5, 5.41) is 5.12. The van der Waals surface area contributed by atoms with Gasteiger partial charge < -0.3 is 9.47 Å². The first kappa shape index (κ1) is 41.1. The third-order valence-electron chi connectivity index (χ3n) is 15.8. The molecule has 0 unspecified atom stereocenters. The monoisotopic (exact) mass is 839 g/mol. The van der Waals surface area contributed by atoms with E-state index in [1.54, 1.807) is 0 Å². The van der Waals surface area contributed by atoms with Crippen molar-refractivity contribution in [1.82, 2.24) is 4.57 Å². The first-order chi connectivity index (χ1) is 31.7. The molecule has 0 atom stereocenters. The largest absolute Gasteiger partial charge is 0.310 e. The van der Waals surface area contributed by atoms with Gasteiger partial charge >= 0.3 is 0 Å². The van der Waals surface area contributed by atoms with Crippen molar-refractivity contribution in [3.05, 3.63) is 168 Å². The first-order valence-corrected chi connectivity index (χ1v) is 25.4. The van der Waals surface area contributed by atoms with Crippen molar-refractivity contribution < 1.29 is 0 Å². The lowest BCUT2D eigenvalue weighted by Crippen LogP contribution is -2.12. The number of nitrogens with zero attached hydrogens (tertiary/aromatic N) is 2. The van der Waals surface area contributed by atoms with E-state index < -0.39 is 0 Å². The fraction of sp³-hybridized carbons (Fsp3) is 0.355. The fourth-order valence-electron chi connectivity index (χ4n) is 12.2. The van der Waals surface area contributed by atoms with Crippen LogP contribution in [0.25, 0.3) is 49.4 Å². The Bertz CT molecular complexity index is 2740. The Balaban J connectivity index is 1.04. The number of benzene rings is 7. The van der Waals surface area contributed by atoms with Gasteiger partial charge in [-0.15, -0.1) is 0 Å². The molecule has 3 aliphatic rings. The summed E-state index contributed by atoms with van der Waals surface area (Å²) in [5.74, 6) is 2.01. The van der Waals surface area contributed by atoms with E-state index in [-0.39, 0.29) is 0 Å². The van der Waals surface area contributed by atoms with Crippen molar-refractivity contribution in [2.45, 2.75) is 140 Å². The molecule has 2 nitrogen and oxygen atoms in total. The number of anilines is 3. The summed E-state index contributed by atoms with van der Waals surface area (Å²) in [6, 6.07) is 59.2. The number of aromatic nitrogens is 1. The normalized spacial score (nSPS) is 17.6. The summed E-state index contributed by atoms with van der Waals surface area (Å²) in [5.41, 5.74) is 14.4. The molecule has 0 spiro atoms. The molecule has 2 heteroatoms. The highest BCUT2D eigenvalue weighted by molar-refractivity contribution is 6.11. The molecule has 0 N–H and O–H groups in total. The lowest BCUT2D eigenvalue weighted by molar-refractivity contribution is 0.443. The average Bonchev–Trinajstić information content (AvgIpc) is 3.70. The number of fused-ring (bicyclic) bond motifs is 4. The lowest BCUT2D eigenvalue weighted by Gasteiger charge is -2.30. The van der Waals surface area contributed by atoms with Crippen LogP contribution in [-0.2, 0) is 0 Å². The zero-order valence-electron chi connectivity index (χ0n) is 38.0. The minimum absolute atomic E-state index is 0.665. The Morgan fingerprint density at radius 1 is 0.359 bits per heavy atom. The van der Waals surface area contributed by atoms with Gasteiger partial charge in [0.15, 0.2) is 0 Å². The van der Waals surface area contributed by atoms with Gasteiger partial charge in [-0.25, -0.2) is 0 Å². The van der Waals surface area contributed by atoms with Gasteiger partial charge in [0.1, 0.15) is 0 Å². The van der Waals surface area contributed by atoms with E-state index in [2.05, 4.69) is 161 Å². The summed E-state index contributed by atoms with van der Waals surface area (Å²) in [6.07, 6.45) is 25.7. The molecule has 0 amide bonds. The smallest absolute Gasteiger partial charge is 0.0547 e. The highest BCUT2D eigenvalue weighted by atomic mass is 15.1. The zero-order valence-corrected chi connectivity index (χ0v) is 38.0. The molecule has 0 radical (unpaired) electrons. The standard InChI is InChI=1S/C62H66N2/c1-2-4-8-18-45(19-9-5-3-1)50-32-39-56(40-33-50)64-60-27-17-16-26-57(60)58-41-34-53(44-61(58)64)59-42-51-24-14-15-25-52(51)43-62(59)63(54-35-28-48(29-36-54)46-20-10-6-11-21-46)55-37-30-49(31-38-55)47-22-12-7-13-23-47/h14-17,24-47H,1-13,18-23H2. The molecule has 8 aromatic rings. The SMILES string of the molecule is c1ccc2cc(N(c3ccc(C4CCCCC4)cc3)c3ccc(C4CCCCC4)cc3)c(-c3ccc4c5ccccc5n(-c5ccc(C6CCCCCCCCC6)cc5)c4c3)cc2c1. The summed E-state index contributed by atoms with van der Waals surface area (Å²) >= 11 is 0. The van der Waals surface area contributed by atoms with Crippen molar-refractivity contribution >= 4 is 49.6 Å². The molecular weight excluding hydrogens is 773 g/mol. The van der Waals surface area contributed by atoms with Crippen LogP contribution in [0.15, 0.2) is 152 Å². The number of para-hydroxylation sites is 1. The van der Waals surface area contributed by atoms with E-state index in [0.717, 1.165) is 0 Å². The van der Waals surface area contributed by atoms with Crippen LogP contribution in [0.4, 0.5) is 17.1 Å². The minimum atomic E-state index is 0.665. The van der Waals surface area contributed by atoms with E-state index in [9.17, 15) is 0 Å². The van der Waals surface area contributed by atoms with E-state index in [4.69, 9.17) is 0 Å². The molecule has 64 heavy (non-hydrogen) atoms. The van der Waals surface area contributed by atoms with E-state index >= 15 is 0 Å². The van der Waals surface area contributed by atoms with Gasteiger partial charge in [-0.05, 0) is 150 Å². The second-order valence-electron chi connectivity index (χ2n) is 19.8. The Labute approximate surface area is 382 Å². The highest BCUT2D eigenvalue weighted by Gasteiger charge is 2.23. The third-order valence-corrected chi connectivity index (χ3v) is 15.8. The van der Waals surface area contributed by atoms with Crippen LogP contribution in [0.3, 0.4) is 0 Å². The highest BCUT2D eigenvalue weighted by Crippen LogP contribution is 2.46. The number of hydrogen-bond donors (Lipinski definition) is 0. The predicted octanol–water partition coefficient (Wildman–Crippen LogP) is 18.8. The maximum absolute atomic E-state index is 2.55. The molecular formula is C62H66N2. The Morgan fingerprint density at radius 3 is 1.34 bits per heavy atom. The summed E-state index contributed by atoms with van der Waals surface area (Å²) in [7, 11) is 0. The van der Waals surface area contributed by atoms with Crippen molar-refractivity contribution in [1.29, 1.82) is 0 Å². The molecule has 3 saturated carbocycles. The molecule has 0 saturated heterocycles. The van der Waals surface area contributed by atoms with Gasteiger partial charge in [-0.2, -0.15) is 0 Å². The van der Waals surface area contributed by atoms with Crippen LogP contribution in [0.1, 0.15) is 156 Å². The number of hydrogen-bond acceptors (Lipinski definition) is 1. The van der Waals surface area contributed by atoms with Crippen molar-refractivity contribution in [2.75, 3.05) is 4.90 Å². The van der Waals surface area contributed by atoms with E-state index in [0.29, 0.717) is 17.8 Å². The predicted molar refractivity (Wildman–Crippen MR) is 274 cm³/mol. The molecule has 11 rings (SSSR count). The van der Waals surface area contributed by atoms with Gasteiger partial charge in [-0.3, -0.25) is 0 Å². The lowest BCUT2D eigenvalue weighted by atomic mass is 9.84. The second kappa shape index (κ2) is 18.9. The minimum Gasteiger partial charge on any atom is -0.310 e. The average molecular weight is 839 g/mol. The first-order valence-electron chi connectivity index (χ1n) is 25.4. The zero-order chi connectivity index (χ0) is 42.7. The Hall–Kier alpha value is -5.60. The van der Waals surface area contributed by atoms with Crippen molar-refractivity contribution in [3.63, 3.8) is 0 Å². The molecule has 1 aromatic heterocycles. The molecule has 324 valence electrons. The Kier molecular flexibility index (Phi) is 12.1. The summed E-state index contributed by atoms with van der Waals surface area (Å²) in [6.45, 7) is 0. The van der Waals surface area contributed by atoms with Crippen LogP contribution in [0.5, 0.6) is 0 Å². The summed E-state index contributed by atoms with van der Waals surface area (Å²) < 4.78 is 2.53. The van der Waals surface area contributed by atoms with Gasteiger partial charge in [0.2, 0.25) is 0 Å². The van der Waals surface area contributed by atoms with E-state index in [1.807, 2.05) is 0 Å². The maximum atomic E-state index is 2.55. The molecule has 3 fully saturated rings. The quantitative estimate of drug-likeness (QED) is 0.148. The van der Waals surface area contributed by atoms with Crippen LogP contribution in [-0.4, -0.2) is 4.57 Å². The van der Waals surface area contributed by atoms with Crippen LogP contribution < -0.4 is 4.90 Å². The van der Waals surface area contributed by atoms with Crippen LogP contribution in [0.2, 0.25) is 0 Å². The van der Waals surface area contributed by atoms with Crippen molar-refractivity contribution in [2.24, 2.45) is 0 Å². The van der Waals surface area contributed by atoms with Crippen LogP contribution in [0, 0.1) is 0 Å². The molecule has 0 bridgehead atoms. The van der Waals surface area contributed by atoms with Gasteiger partial charge in [0.25, 0.3) is 0 Å². The topological polar surface area (TPSA) is 8.17 Å². The van der Waals surface area contributed by atoms with E-state index in [1.165, 1.54) is 205 Å². The number of rotatable bonds is 8. The van der Waals surface area contributed by atoms with Gasteiger partial charge in [-0.1, -0.05) is 174 Å². The van der Waals surface area contributed by atoms with Gasteiger partial charge in [0.05, 0.1) is 16.7 Å². The third kappa shape index (κ3) is 8.42. The molecule has 1 heterocycles. The molecule has 7 aromatic carbocycles. The van der Waals surface area contributed by atoms with Gasteiger partial charge in [0, 0.05) is 33.4 Å². The summed E-state index contributed by atoms with van der Waals surface area (Å²) in [4.78, 5) is 2.55. The Morgan fingerprint density at radius 2 is 0.797 bits per heavy atom. The fourth-order valence-corrected chi connectivity index (χ4v) is 12.2. The second-order valence-corrected chi connectivity index (χ2v) is 19.8. The van der Waals surface area contributed by atoms with Crippen molar-refractivity contribution in [3.8, 4) is 16.8 Å². The maximum Gasteiger partial charge on any atom is 0.0547 e.